The number of nitrogens with zero attached hydrogens (tertiary/aromatic N) is 1. The maximum atomic E-state index is 12.2. The number of rotatable bonds is 8. The van der Waals surface area contributed by atoms with Crippen molar-refractivity contribution in [1.29, 1.82) is 0 Å². The van der Waals surface area contributed by atoms with Crippen molar-refractivity contribution in [3.63, 3.8) is 0 Å². The summed E-state index contributed by atoms with van der Waals surface area (Å²) >= 11 is 1.61. The molecule has 0 saturated heterocycles. The van der Waals surface area contributed by atoms with Gasteiger partial charge in [0, 0.05) is 23.1 Å². The molecule has 158 valence electrons. The molecule has 3 rings (SSSR count). The third-order valence-corrected chi connectivity index (χ3v) is 5.09. The minimum atomic E-state index is -4.35. The quantitative estimate of drug-likeness (QED) is 0.532. The molecule has 0 aliphatic carbocycles. The van der Waals surface area contributed by atoms with Gasteiger partial charge in [0.1, 0.15) is 6.61 Å². The molecule has 0 spiro atoms. The van der Waals surface area contributed by atoms with Gasteiger partial charge < -0.3 is 10.1 Å². The van der Waals surface area contributed by atoms with Crippen LogP contribution in [-0.4, -0.2) is 30.2 Å². The highest BCUT2D eigenvalue weighted by Crippen LogP contribution is 2.22. The van der Waals surface area contributed by atoms with E-state index in [1.165, 1.54) is 0 Å². The number of ether oxygens (including phenoxy) is 1. The van der Waals surface area contributed by atoms with Gasteiger partial charge in [0.15, 0.2) is 0 Å². The fraction of sp³-hybridized carbons (Fsp3) is 0.273. The van der Waals surface area contributed by atoms with Gasteiger partial charge in [-0.2, -0.15) is 13.2 Å². The summed E-state index contributed by atoms with van der Waals surface area (Å²) in [5, 5.41) is 5.90. The van der Waals surface area contributed by atoms with Gasteiger partial charge in [-0.25, -0.2) is 4.98 Å². The Kier molecular flexibility index (Phi) is 7.23. The Balaban J connectivity index is 1.44. The molecule has 4 nitrogen and oxygen atoms in total. The monoisotopic (exact) mass is 434 g/mol. The van der Waals surface area contributed by atoms with Crippen molar-refractivity contribution in [2.24, 2.45) is 0 Å². The lowest BCUT2D eigenvalue weighted by atomic mass is 10.1. The molecule has 0 aliphatic heterocycles. The fourth-order valence-corrected chi connectivity index (χ4v) is 3.42. The van der Waals surface area contributed by atoms with Gasteiger partial charge in [-0.05, 0) is 36.6 Å². The summed E-state index contributed by atoms with van der Waals surface area (Å²) in [7, 11) is 0. The third kappa shape index (κ3) is 6.67. The first kappa shape index (κ1) is 22.0. The standard InChI is InChI=1S/C22H21F3N2O2S/c1-15-27-20(13-30-15)18-6-2-16(3-7-18)10-11-26-21(28)19-8-4-17(5-9-19)12-29-14-22(23,24)25/h2-9,13H,10-12,14H2,1H3,(H,26,28). The van der Waals surface area contributed by atoms with Crippen molar-refractivity contribution >= 4 is 17.2 Å². The summed E-state index contributed by atoms with van der Waals surface area (Å²) in [6, 6.07) is 14.4. The largest absolute Gasteiger partial charge is 0.411 e. The maximum Gasteiger partial charge on any atom is 0.411 e. The van der Waals surface area contributed by atoms with Gasteiger partial charge in [-0.1, -0.05) is 36.4 Å². The summed E-state index contributed by atoms with van der Waals surface area (Å²) in [6.45, 7) is 1.00. The number of amides is 1. The van der Waals surface area contributed by atoms with Gasteiger partial charge in [-0.3, -0.25) is 4.79 Å². The number of benzene rings is 2. The number of hydrogen-bond donors (Lipinski definition) is 1. The lowest BCUT2D eigenvalue weighted by Crippen LogP contribution is -2.25. The second kappa shape index (κ2) is 9.86. The summed E-state index contributed by atoms with van der Waals surface area (Å²) in [6.07, 6.45) is -3.66. The fourth-order valence-electron chi connectivity index (χ4n) is 2.80. The molecule has 1 amide bonds. The Labute approximate surface area is 176 Å². The highest BCUT2D eigenvalue weighted by molar-refractivity contribution is 7.09. The smallest absolute Gasteiger partial charge is 0.367 e. The van der Waals surface area contributed by atoms with Crippen LogP contribution >= 0.6 is 11.3 Å². The predicted molar refractivity (Wildman–Crippen MR) is 110 cm³/mol. The third-order valence-electron chi connectivity index (χ3n) is 4.32. The molecule has 0 unspecified atom stereocenters. The summed E-state index contributed by atoms with van der Waals surface area (Å²) in [4.78, 5) is 16.7. The van der Waals surface area contributed by atoms with Gasteiger partial charge in [0.2, 0.25) is 0 Å². The Bertz CT molecular complexity index is 967. The second-order valence-electron chi connectivity index (χ2n) is 6.76. The number of aromatic nitrogens is 1. The van der Waals surface area contributed by atoms with Crippen molar-refractivity contribution in [2.75, 3.05) is 13.2 Å². The van der Waals surface area contributed by atoms with Crippen LogP contribution in [0.2, 0.25) is 0 Å². The van der Waals surface area contributed by atoms with Crippen LogP contribution in [0.1, 0.15) is 26.5 Å². The molecule has 0 saturated carbocycles. The molecular formula is C22H21F3N2O2S. The minimum Gasteiger partial charge on any atom is -0.367 e. The van der Waals surface area contributed by atoms with Crippen molar-refractivity contribution in [2.45, 2.75) is 26.1 Å². The molecule has 0 aliphatic rings. The first-order chi connectivity index (χ1) is 14.3. The second-order valence-corrected chi connectivity index (χ2v) is 7.82. The molecule has 3 aromatic rings. The van der Waals surface area contributed by atoms with Gasteiger partial charge in [0.05, 0.1) is 17.3 Å². The molecule has 1 heterocycles. The predicted octanol–water partition coefficient (Wildman–Crippen LogP) is 5.17. The van der Waals surface area contributed by atoms with Crippen molar-refractivity contribution < 1.29 is 22.7 Å². The molecule has 30 heavy (non-hydrogen) atoms. The van der Waals surface area contributed by atoms with E-state index in [0.717, 1.165) is 21.8 Å². The summed E-state index contributed by atoms with van der Waals surface area (Å²) in [5.41, 5.74) is 4.15. The van der Waals surface area contributed by atoms with E-state index in [0.29, 0.717) is 24.1 Å². The minimum absolute atomic E-state index is 0.155. The lowest BCUT2D eigenvalue weighted by molar-refractivity contribution is -0.176. The van der Waals surface area contributed by atoms with E-state index < -0.39 is 12.8 Å². The van der Waals surface area contributed by atoms with Crippen molar-refractivity contribution in [3.05, 3.63) is 75.6 Å². The summed E-state index contributed by atoms with van der Waals surface area (Å²) in [5.74, 6) is -0.229. The van der Waals surface area contributed by atoms with E-state index in [2.05, 4.69) is 15.0 Å². The zero-order valence-corrected chi connectivity index (χ0v) is 17.1. The molecular weight excluding hydrogens is 413 g/mol. The number of carbonyl (C=O) groups excluding carboxylic acids is 1. The van der Waals surface area contributed by atoms with Gasteiger partial charge in [0.25, 0.3) is 5.91 Å². The lowest BCUT2D eigenvalue weighted by Gasteiger charge is -2.09. The van der Waals surface area contributed by atoms with Crippen LogP contribution in [0, 0.1) is 6.92 Å². The SMILES string of the molecule is Cc1nc(-c2ccc(CCNC(=O)c3ccc(COCC(F)(F)F)cc3)cc2)cs1. The topological polar surface area (TPSA) is 51.2 Å². The van der Waals surface area contributed by atoms with Crippen LogP contribution in [0.4, 0.5) is 13.2 Å². The van der Waals surface area contributed by atoms with Crippen LogP contribution in [0.15, 0.2) is 53.9 Å². The average molecular weight is 434 g/mol. The Morgan fingerprint density at radius 1 is 1.07 bits per heavy atom. The normalized spacial score (nSPS) is 11.5. The number of halogens is 3. The van der Waals surface area contributed by atoms with E-state index in [1.54, 1.807) is 35.6 Å². The van der Waals surface area contributed by atoms with E-state index in [-0.39, 0.29) is 12.5 Å². The number of thiazole rings is 1. The molecule has 0 fully saturated rings. The van der Waals surface area contributed by atoms with Crippen LogP contribution in [0.3, 0.4) is 0 Å². The number of aryl methyl sites for hydroxylation is 1. The number of alkyl halides is 3. The highest BCUT2D eigenvalue weighted by atomic mass is 32.1. The molecule has 0 bridgehead atoms. The van der Waals surface area contributed by atoms with Crippen LogP contribution in [0.25, 0.3) is 11.3 Å². The zero-order valence-electron chi connectivity index (χ0n) is 16.3. The Morgan fingerprint density at radius 3 is 2.33 bits per heavy atom. The van der Waals surface area contributed by atoms with Crippen LogP contribution < -0.4 is 5.32 Å². The van der Waals surface area contributed by atoms with Crippen LogP contribution in [0.5, 0.6) is 0 Å². The van der Waals surface area contributed by atoms with Crippen molar-refractivity contribution in [1.82, 2.24) is 10.3 Å². The molecule has 0 radical (unpaired) electrons. The zero-order chi connectivity index (χ0) is 21.6. The first-order valence-electron chi connectivity index (χ1n) is 9.33. The Morgan fingerprint density at radius 2 is 1.73 bits per heavy atom. The first-order valence-corrected chi connectivity index (χ1v) is 10.2. The average Bonchev–Trinajstić information content (AvgIpc) is 3.14. The van der Waals surface area contributed by atoms with Crippen molar-refractivity contribution in [3.8, 4) is 11.3 Å². The molecule has 1 N–H and O–H groups in total. The molecule has 1 aromatic heterocycles. The van der Waals surface area contributed by atoms with E-state index in [1.807, 2.05) is 36.6 Å². The molecule has 8 heteroatoms. The number of nitrogens with one attached hydrogen (secondary N) is 1. The molecule has 0 atom stereocenters. The van der Waals surface area contributed by atoms with E-state index >= 15 is 0 Å². The van der Waals surface area contributed by atoms with Gasteiger partial charge >= 0.3 is 6.18 Å². The van der Waals surface area contributed by atoms with E-state index in [4.69, 9.17) is 0 Å². The van der Waals surface area contributed by atoms with Gasteiger partial charge in [-0.15, -0.1) is 11.3 Å². The van der Waals surface area contributed by atoms with E-state index in [9.17, 15) is 18.0 Å². The maximum absolute atomic E-state index is 12.2. The van der Waals surface area contributed by atoms with Crippen LogP contribution in [-0.2, 0) is 17.8 Å². The Hall–Kier alpha value is -2.71. The highest BCUT2D eigenvalue weighted by Gasteiger charge is 2.27. The summed E-state index contributed by atoms with van der Waals surface area (Å²) < 4.78 is 40.9. The number of carbonyl (C=O) groups is 1. The molecule has 2 aromatic carbocycles. The number of hydrogen-bond acceptors (Lipinski definition) is 4.